The van der Waals surface area contributed by atoms with E-state index in [0.29, 0.717) is 74.7 Å². The van der Waals surface area contributed by atoms with Gasteiger partial charge in [0, 0.05) is 56.9 Å². The first-order chi connectivity index (χ1) is 17.7. The number of piperidine rings is 1. The molecule has 0 bridgehead atoms. The van der Waals surface area contributed by atoms with Gasteiger partial charge in [-0.1, -0.05) is 0 Å². The van der Waals surface area contributed by atoms with Crippen LogP contribution in [0.3, 0.4) is 0 Å². The molecule has 198 valence electrons. The largest absolute Gasteiger partial charge is 0.493 e. The third-order valence-electron chi connectivity index (χ3n) is 7.86. The molecule has 3 fully saturated rings. The van der Waals surface area contributed by atoms with Crippen LogP contribution in [0.25, 0.3) is 10.9 Å². The van der Waals surface area contributed by atoms with E-state index >= 15 is 0 Å². The zero-order valence-electron chi connectivity index (χ0n) is 21.6. The van der Waals surface area contributed by atoms with E-state index in [0.717, 1.165) is 23.9 Å². The Bertz CT molecular complexity index is 1350. The molecule has 1 aliphatic carbocycles. The molecule has 2 aromatic rings. The topological polar surface area (TPSA) is 116 Å². The van der Waals surface area contributed by atoms with Crippen LogP contribution in [0.1, 0.15) is 43.0 Å². The number of nitriles is 1. The number of pyridine rings is 1. The number of piperazine rings is 1. The molecule has 3 aliphatic rings. The van der Waals surface area contributed by atoms with Crippen molar-refractivity contribution >= 4 is 32.5 Å². The minimum absolute atomic E-state index is 0.170. The predicted octanol–water partition coefficient (Wildman–Crippen LogP) is 2.63. The van der Waals surface area contributed by atoms with Gasteiger partial charge in [-0.2, -0.15) is 9.57 Å². The number of carbonyl (C=O) groups is 1. The summed E-state index contributed by atoms with van der Waals surface area (Å²) in [6.45, 7) is 4.51. The maximum atomic E-state index is 13.9. The Morgan fingerprint density at radius 3 is 2.24 bits per heavy atom. The first kappa shape index (κ1) is 25.5. The number of nitrogens with zero attached hydrogens (tertiary/aromatic N) is 5. The molecule has 3 heterocycles. The Labute approximate surface area is 217 Å². The van der Waals surface area contributed by atoms with Gasteiger partial charge in [0.2, 0.25) is 10.0 Å². The van der Waals surface area contributed by atoms with Crippen LogP contribution in [0.4, 0.5) is 5.69 Å². The van der Waals surface area contributed by atoms with Gasteiger partial charge in [-0.15, -0.1) is 0 Å². The molecule has 2 aliphatic heterocycles. The number of benzene rings is 1. The number of hydrogen-bond donors (Lipinski definition) is 0. The zero-order valence-corrected chi connectivity index (χ0v) is 22.4. The number of anilines is 1. The average Bonchev–Trinajstić information content (AvgIpc) is 3.78. The molecule has 37 heavy (non-hydrogen) atoms. The molecule has 5 rings (SSSR count). The van der Waals surface area contributed by atoms with Crippen molar-refractivity contribution in [3.63, 3.8) is 0 Å². The van der Waals surface area contributed by atoms with Crippen LogP contribution in [-0.4, -0.2) is 87.3 Å². The van der Waals surface area contributed by atoms with Crippen molar-refractivity contribution < 1.29 is 22.7 Å². The number of methoxy groups -OCH3 is 2. The van der Waals surface area contributed by atoms with E-state index in [2.05, 4.69) is 16.0 Å². The molecule has 11 heteroatoms. The Morgan fingerprint density at radius 1 is 1.05 bits per heavy atom. The molecule has 10 nitrogen and oxygen atoms in total. The maximum absolute atomic E-state index is 13.9. The second kappa shape index (κ2) is 9.65. The fraction of sp³-hybridized carbons (Fsp3) is 0.577. The number of carbonyl (C=O) groups excluding carboxylic acids is 1. The summed E-state index contributed by atoms with van der Waals surface area (Å²) in [6.07, 6.45) is 4.43. The summed E-state index contributed by atoms with van der Waals surface area (Å²) in [6, 6.07) is 6.09. The standard InChI is InChI=1S/C26H33N5O5S/c1-26(17-27)6-8-29(9-7-26)24-19-14-22(35-2)23(36-3)15-21(19)28-16-20(24)25(32)30-10-12-31(13-11-30)37(33,34)18-4-5-18/h14-16,18H,4-13H2,1-3H3. The SMILES string of the molecule is COc1cc2ncc(C(=O)N3CCN(S(=O)(=O)C4CC4)CC3)c(N3CCC(C)(C#N)CC3)c2cc1OC. The quantitative estimate of drug-likeness (QED) is 0.563. The average molecular weight is 528 g/mol. The van der Waals surface area contributed by atoms with E-state index in [4.69, 9.17) is 9.47 Å². The maximum Gasteiger partial charge on any atom is 0.257 e. The third kappa shape index (κ3) is 4.68. The fourth-order valence-corrected chi connectivity index (χ4v) is 7.06. The predicted molar refractivity (Wildman–Crippen MR) is 139 cm³/mol. The van der Waals surface area contributed by atoms with Crippen molar-refractivity contribution in [1.82, 2.24) is 14.2 Å². The lowest BCUT2D eigenvalue weighted by Crippen LogP contribution is -2.51. The van der Waals surface area contributed by atoms with Crippen LogP contribution in [0.5, 0.6) is 11.5 Å². The molecule has 1 aromatic carbocycles. The van der Waals surface area contributed by atoms with Crippen molar-refractivity contribution in [3.05, 3.63) is 23.9 Å². The van der Waals surface area contributed by atoms with Gasteiger partial charge in [-0.25, -0.2) is 8.42 Å². The molecule has 1 amide bonds. The van der Waals surface area contributed by atoms with Crippen molar-refractivity contribution in [2.75, 3.05) is 58.4 Å². The Hall–Kier alpha value is -3.10. The third-order valence-corrected chi connectivity index (χ3v) is 10.3. The van der Waals surface area contributed by atoms with Gasteiger partial charge < -0.3 is 19.3 Å². The van der Waals surface area contributed by atoms with Crippen molar-refractivity contribution in [3.8, 4) is 17.6 Å². The zero-order chi connectivity index (χ0) is 26.4. The minimum atomic E-state index is -3.26. The lowest BCUT2D eigenvalue weighted by Gasteiger charge is -2.39. The molecule has 0 unspecified atom stereocenters. The normalized spacial score (nSPS) is 20.5. The summed E-state index contributed by atoms with van der Waals surface area (Å²) in [7, 11) is -0.124. The fourth-order valence-electron chi connectivity index (χ4n) is 5.23. The first-order valence-electron chi connectivity index (χ1n) is 12.7. The van der Waals surface area contributed by atoms with E-state index < -0.39 is 15.4 Å². The molecule has 0 N–H and O–H groups in total. The van der Waals surface area contributed by atoms with Crippen LogP contribution >= 0.6 is 0 Å². The van der Waals surface area contributed by atoms with Crippen molar-refractivity contribution in [2.24, 2.45) is 5.41 Å². The summed E-state index contributed by atoms with van der Waals surface area (Å²) in [5, 5.41) is 10.1. The number of amides is 1. The first-order valence-corrected chi connectivity index (χ1v) is 14.2. The van der Waals surface area contributed by atoms with Crippen molar-refractivity contribution in [1.29, 1.82) is 5.26 Å². The molecular formula is C26H33N5O5S. The van der Waals surface area contributed by atoms with Crippen LogP contribution < -0.4 is 14.4 Å². The smallest absolute Gasteiger partial charge is 0.257 e. The molecule has 0 spiro atoms. The summed E-state index contributed by atoms with van der Waals surface area (Å²) < 4.78 is 37.8. The summed E-state index contributed by atoms with van der Waals surface area (Å²) in [5.41, 5.74) is 1.52. The number of fused-ring (bicyclic) bond motifs is 1. The summed E-state index contributed by atoms with van der Waals surface area (Å²) >= 11 is 0. The molecule has 1 saturated carbocycles. The van der Waals surface area contributed by atoms with E-state index in [9.17, 15) is 18.5 Å². The van der Waals surface area contributed by atoms with E-state index in [1.165, 1.54) is 4.31 Å². The second-order valence-corrected chi connectivity index (χ2v) is 12.6. The number of sulfonamides is 1. The number of aromatic nitrogens is 1. The Morgan fingerprint density at radius 2 is 1.68 bits per heavy atom. The Kier molecular flexibility index (Phi) is 6.66. The van der Waals surface area contributed by atoms with Gasteiger partial charge in [0.25, 0.3) is 5.91 Å². The van der Waals surface area contributed by atoms with Crippen LogP contribution in [0.15, 0.2) is 18.3 Å². The highest BCUT2D eigenvalue weighted by atomic mass is 32.2. The molecule has 0 atom stereocenters. The minimum Gasteiger partial charge on any atom is -0.493 e. The molecular weight excluding hydrogens is 494 g/mol. The van der Waals surface area contributed by atoms with Gasteiger partial charge in [0.15, 0.2) is 11.5 Å². The van der Waals surface area contributed by atoms with Gasteiger partial charge in [0.1, 0.15) is 0 Å². The second-order valence-electron chi connectivity index (χ2n) is 10.3. The monoisotopic (exact) mass is 527 g/mol. The molecule has 0 radical (unpaired) electrons. The van der Waals surface area contributed by atoms with Gasteiger partial charge in [0.05, 0.1) is 47.7 Å². The van der Waals surface area contributed by atoms with E-state index in [1.807, 2.05) is 13.0 Å². The summed E-state index contributed by atoms with van der Waals surface area (Å²) in [5.74, 6) is 0.924. The number of rotatable bonds is 6. The highest BCUT2D eigenvalue weighted by Gasteiger charge is 2.42. The number of hydrogen-bond acceptors (Lipinski definition) is 8. The van der Waals surface area contributed by atoms with E-state index in [-0.39, 0.29) is 11.2 Å². The highest BCUT2D eigenvalue weighted by molar-refractivity contribution is 7.90. The van der Waals surface area contributed by atoms with E-state index in [1.54, 1.807) is 31.4 Å². The van der Waals surface area contributed by atoms with Gasteiger partial charge in [-0.3, -0.25) is 9.78 Å². The lowest BCUT2D eigenvalue weighted by molar-refractivity contribution is 0.0698. The molecule has 1 aromatic heterocycles. The highest BCUT2D eigenvalue weighted by Crippen LogP contribution is 2.41. The van der Waals surface area contributed by atoms with Crippen LogP contribution in [0, 0.1) is 16.7 Å². The van der Waals surface area contributed by atoms with Gasteiger partial charge in [-0.05, 0) is 38.7 Å². The Balaban J connectivity index is 1.49. The van der Waals surface area contributed by atoms with Gasteiger partial charge >= 0.3 is 0 Å². The van der Waals surface area contributed by atoms with Crippen LogP contribution in [0.2, 0.25) is 0 Å². The lowest BCUT2D eigenvalue weighted by atomic mass is 9.81. The number of ether oxygens (including phenoxy) is 2. The van der Waals surface area contributed by atoms with Crippen molar-refractivity contribution in [2.45, 2.75) is 37.9 Å². The van der Waals surface area contributed by atoms with Crippen LogP contribution in [-0.2, 0) is 10.0 Å². The summed E-state index contributed by atoms with van der Waals surface area (Å²) in [4.78, 5) is 22.3. The molecule has 2 saturated heterocycles.